The van der Waals surface area contributed by atoms with Gasteiger partial charge in [0.15, 0.2) is 0 Å². The van der Waals surface area contributed by atoms with Crippen molar-refractivity contribution < 1.29 is 24.6 Å². The summed E-state index contributed by atoms with van der Waals surface area (Å²) in [6, 6.07) is -1.10. The van der Waals surface area contributed by atoms with Crippen LogP contribution < -0.4 is 11.1 Å². The minimum atomic E-state index is -1.20. The second-order valence-electron chi connectivity index (χ2n) is 3.00. The van der Waals surface area contributed by atoms with Gasteiger partial charge in [-0.2, -0.15) is 0 Å². The molecule has 0 aromatic rings. The highest BCUT2D eigenvalue weighted by atomic mass is 32.2. The zero-order chi connectivity index (χ0) is 12.7. The molecule has 0 aliphatic carbocycles. The van der Waals surface area contributed by atoms with E-state index in [1.54, 1.807) is 0 Å². The Morgan fingerprint density at radius 2 is 2.00 bits per heavy atom. The van der Waals surface area contributed by atoms with Gasteiger partial charge in [-0.25, -0.2) is 4.79 Å². The van der Waals surface area contributed by atoms with E-state index >= 15 is 0 Å². The largest absolute Gasteiger partial charge is 0.480 e. The molecule has 0 aromatic carbocycles. The standard InChI is InChI=1S/C8H14N2O5S/c1-4(12)10-5(8(14)15)3-16-6(2-11)7(9)13/h5-6,11H,2-3H2,1H3,(H2,9,13)(H,10,12)(H,14,15)/t5-,6?/m0/s1. The van der Waals surface area contributed by atoms with Crippen LogP contribution in [0.25, 0.3) is 0 Å². The van der Waals surface area contributed by atoms with E-state index in [1.807, 2.05) is 0 Å². The number of rotatable bonds is 7. The lowest BCUT2D eigenvalue weighted by molar-refractivity contribution is -0.140. The number of aliphatic carboxylic acids is 1. The highest BCUT2D eigenvalue weighted by Crippen LogP contribution is 2.11. The molecule has 5 N–H and O–H groups in total. The smallest absolute Gasteiger partial charge is 0.327 e. The van der Waals surface area contributed by atoms with E-state index in [0.717, 1.165) is 11.8 Å². The van der Waals surface area contributed by atoms with E-state index in [-0.39, 0.29) is 5.75 Å². The fourth-order valence-corrected chi connectivity index (χ4v) is 1.78. The van der Waals surface area contributed by atoms with Gasteiger partial charge in [-0.15, -0.1) is 11.8 Å². The summed E-state index contributed by atoms with van der Waals surface area (Å²) in [6.45, 7) is 0.727. The molecule has 1 unspecified atom stereocenters. The molecule has 2 atom stereocenters. The van der Waals surface area contributed by atoms with E-state index < -0.39 is 35.7 Å². The first-order valence-corrected chi connectivity index (χ1v) is 5.45. The fourth-order valence-electron chi connectivity index (χ4n) is 0.857. The summed E-state index contributed by atoms with van der Waals surface area (Å²) in [4.78, 5) is 32.1. The van der Waals surface area contributed by atoms with Crippen LogP contribution in [0.5, 0.6) is 0 Å². The second-order valence-corrected chi connectivity index (χ2v) is 4.23. The third kappa shape index (κ3) is 5.56. The van der Waals surface area contributed by atoms with Crippen LogP contribution in [0.2, 0.25) is 0 Å². The number of carbonyl (C=O) groups is 3. The van der Waals surface area contributed by atoms with Crippen LogP contribution in [0.1, 0.15) is 6.92 Å². The summed E-state index contributed by atoms with van der Waals surface area (Å²) >= 11 is 0.888. The fraction of sp³-hybridized carbons (Fsp3) is 0.625. The third-order valence-corrected chi connectivity index (χ3v) is 2.93. The lowest BCUT2D eigenvalue weighted by atomic mass is 10.3. The van der Waals surface area contributed by atoms with Gasteiger partial charge in [0.2, 0.25) is 11.8 Å². The number of hydrogen-bond donors (Lipinski definition) is 4. The number of nitrogens with one attached hydrogen (secondary N) is 1. The van der Waals surface area contributed by atoms with Gasteiger partial charge in [0.05, 0.1) is 6.61 Å². The van der Waals surface area contributed by atoms with Crippen molar-refractivity contribution >= 4 is 29.5 Å². The van der Waals surface area contributed by atoms with Crippen molar-refractivity contribution in [3.8, 4) is 0 Å². The zero-order valence-electron chi connectivity index (χ0n) is 8.67. The number of carboxylic acids is 1. The third-order valence-electron chi connectivity index (χ3n) is 1.62. The maximum Gasteiger partial charge on any atom is 0.327 e. The Bertz CT molecular complexity index is 284. The van der Waals surface area contributed by atoms with E-state index in [9.17, 15) is 14.4 Å². The average Bonchev–Trinajstić information content (AvgIpc) is 2.15. The summed E-state index contributed by atoms with van der Waals surface area (Å²) in [5.74, 6) is -2.45. The van der Waals surface area contributed by atoms with Crippen molar-refractivity contribution in [2.45, 2.75) is 18.2 Å². The van der Waals surface area contributed by atoms with Gasteiger partial charge in [-0.05, 0) is 0 Å². The van der Waals surface area contributed by atoms with Gasteiger partial charge in [0.1, 0.15) is 11.3 Å². The van der Waals surface area contributed by atoms with Crippen LogP contribution in [0.4, 0.5) is 0 Å². The van der Waals surface area contributed by atoms with Crippen LogP contribution in [0, 0.1) is 0 Å². The molecule has 2 amide bonds. The van der Waals surface area contributed by atoms with Crippen LogP contribution in [-0.2, 0) is 14.4 Å². The molecule has 7 nitrogen and oxygen atoms in total. The summed E-state index contributed by atoms with van der Waals surface area (Å²) < 4.78 is 0. The van der Waals surface area contributed by atoms with Crippen molar-refractivity contribution in [1.82, 2.24) is 5.32 Å². The number of amides is 2. The Kier molecular flexibility index (Phi) is 6.50. The Morgan fingerprint density at radius 3 is 2.31 bits per heavy atom. The number of carboxylic acid groups (broad SMARTS) is 1. The zero-order valence-corrected chi connectivity index (χ0v) is 9.49. The molecule has 0 rings (SSSR count). The molecular formula is C8H14N2O5S. The number of aliphatic hydroxyl groups excluding tert-OH is 1. The molecule has 8 heteroatoms. The van der Waals surface area contributed by atoms with Crippen LogP contribution >= 0.6 is 11.8 Å². The Hall–Kier alpha value is -1.28. The average molecular weight is 250 g/mol. The minimum Gasteiger partial charge on any atom is -0.480 e. The number of hydrogen-bond acceptors (Lipinski definition) is 5. The van der Waals surface area contributed by atoms with Crippen molar-refractivity contribution in [1.29, 1.82) is 0 Å². The lowest BCUT2D eigenvalue weighted by Crippen LogP contribution is -2.42. The molecule has 0 aromatic heterocycles. The highest BCUT2D eigenvalue weighted by molar-refractivity contribution is 8.00. The molecule has 0 spiro atoms. The van der Waals surface area contributed by atoms with E-state index in [0.29, 0.717) is 0 Å². The van der Waals surface area contributed by atoms with Gasteiger partial charge in [-0.1, -0.05) is 0 Å². The van der Waals surface area contributed by atoms with Crippen molar-refractivity contribution in [3.05, 3.63) is 0 Å². The molecule has 92 valence electrons. The van der Waals surface area contributed by atoms with Crippen LogP contribution in [-0.4, -0.2) is 51.6 Å². The van der Waals surface area contributed by atoms with E-state index in [4.69, 9.17) is 15.9 Å². The number of carbonyl (C=O) groups excluding carboxylic acids is 2. The topological polar surface area (TPSA) is 130 Å². The molecule has 0 saturated heterocycles. The summed E-state index contributed by atoms with van der Waals surface area (Å²) in [7, 11) is 0. The van der Waals surface area contributed by atoms with Gasteiger partial charge in [-0.3, -0.25) is 9.59 Å². The molecule has 16 heavy (non-hydrogen) atoms. The molecule has 0 aliphatic heterocycles. The quantitative estimate of drug-likeness (QED) is 0.420. The van der Waals surface area contributed by atoms with Gasteiger partial charge in [0.25, 0.3) is 0 Å². The number of aliphatic hydroxyl groups is 1. The van der Waals surface area contributed by atoms with Crippen molar-refractivity contribution in [2.75, 3.05) is 12.4 Å². The SMILES string of the molecule is CC(=O)N[C@@H](CSC(CO)C(N)=O)C(=O)O. The molecule has 0 saturated carbocycles. The van der Waals surface area contributed by atoms with E-state index in [1.165, 1.54) is 6.92 Å². The second kappa shape index (κ2) is 7.07. The maximum atomic E-state index is 10.7. The molecule has 0 aliphatic rings. The Balaban J connectivity index is 4.25. The highest BCUT2D eigenvalue weighted by Gasteiger charge is 2.22. The first-order chi connectivity index (χ1) is 7.38. The monoisotopic (exact) mass is 250 g/mol. The predicted octanol–water partition coefficient (Wildman–Crippen LogP) is -1.84. The number of primary amides is 1. The maximum absolute atomic E-state index is 10.7. The Labute approximate surface area is 96.4 Å². The van der Waals surface area contributed by atoms with Crippen molar-refractivity contribution in [2.24, 2.45) is 5.73 Å². The first kappa shape index (κ1) is 14.7. The summed E-state index contributed by atoms with van der Waals surface area (Å²) in [5, 5.41) is 18.9. The molecule has 0 fully saturated rings. The first-order valence-electron chi connectivity index (χ1n) is 4.40. The normalized spacial score (nSPS) is 13.9. The molecule has 0 bridgehead atoms. The van der Waals surface area contributed by atoms with Gasteiger partial charge in [0, 0.05) is 12.7 Å². The molecular weight excluding hydrogens is 236 g/mol. The lowest BCUT2D eigenvalue weighted by Gasteiger charge is -2.15. The van der Waals surface area contributed by atoms with Crippen LogP contribution in [0.3, 0.4) is 0 Å². The van der Waals surface area contributed by atoms with E-state index in [2.05, 4.69) is 5.32 Å². The van der Waals surface area contributed by atoms with Crippen LogP contribution in [0.15, 0.2) is 0 Å². The molecule has 0 heterocycles. The Morgan fingerprint density at radius 1 is 1.44 bits per heavy atom. The minimum absolute atomic E-state index is 0.0386. The van der Waals surface area contributed by atoms with Gasteiger partial charge < -0.3 is 21.3 Å². The van der Waals surface area contributed by atoms with Gasteiger partial charge >= 0.3 is 5.97 Å². The number of thioether (sulfide) groups is 1. The summed E-state index contributed by atoms with van der Waals surface area (Å²) in [5.41, 5.74) is 4.96. The predicted molar refractivity (Wildman–Crippen MR) is 57.8 cm³/mol. The molecule has 0 radical (unpaired) electrons. The summed E-state index contributed by atoms with van der Waals surface area (Å²) in [6.07, 6.45) is 0. The number of nitrogens with two attached hydrogens (primary N) is 1. The van der Waals surface area contributed by atoms with Crippen molar-refractivity contribution in [3.63, 3.8) is 0 Å².